The molecule has 0 aliphatic carbocycles. The fourth-order valence-corrected chi connectivity index (χ4v) is 4.79. The number of primary amides is 1. The summed E-state index contributed by atoms with van der Waals surface area (Å²) in [6.45, 7) is 2.56. The molecule has 4 heterocycles. The molecule has 1 saturated heterocycles. The summed E-state index contributed by atoms with van der Waals surface area (Å²) in [5, 5.41) is 7.55. The van der Waals surface area contributed by atoms with Crippen LogP contribution < -0.4 is 15.8 Å². The summed E-state index contributed by atoms with van der Waals surface area (Å²) in [4.78, 5) is 16.0. The Labute approximate surface area is 184 Å². The Hall–Kier alpha value is -3.25. The van der Waals surface area contributed by atoms with Gasteiger partial charge in [-0.2, -0.15) is 9.40 Å². The molecule has 10 nitrogen and oxygen atoms in total. The Bertz CT molecular complexity index is 1310. The molecule has 2 atom stereocenters. The first kappa shape index (κ1) is 22.0. The lowest BCUT2D eigenvalue weighted by Gasteiger charge is -2.20. The Morgan fingerprint density at radius 3 is 2.62 bits per heavy atom. The van der Waals surface area contributed by atoms with Gasteiger partial charge in [-0.05, 0) is 18.1 Å². The van der Waals surface area contributed by atoms with Crippen LogP contribution >= 0.6 is 0 Å². The standard InChI is InChI=1S/C20H23FN6O4S/c1-11-8-26(32(3,29)30)10-16(11)25-18-14(19(22)28)7-24-27-9-13(5-17(18)27)12-4-15(21)20(31-2)23-6-12/h4-7,9,11,16,25H,8,10H2,1-3H3,(H2,22,28)/t11-,16-/m1/s1. The van der Waals surface area contributed by atoms with Gasteiger partial charge in [-0.15, -0.1) is 0 Å². The van der Waals surface area contributed by atoms with E-state index in [1.807, 2.05) is 6.92 Å². The van der Waals surface area contributed by atoms with Crippen LogP contribution in [0.2, 0.25) is 0 Å². The highest BCUT2D eigenvalue weighted by molar-refractivity contribution is 7.88. The van der Waals surface area contributed by atoms with Gasteiger partial charge >= 0.3 is 0 Å². The molecule has 0 saturated carbocycles. The van der Waals surface area contributed by atoms with Crippen molar-refractivity contribution in [3.63, 3.8) is 0 Å². The predicted octanol–water partition coefficient (Wildman–Crippen LogP) is 1.33. The van der Waals surface area contributed by atoms with Gasteiger partial charge in [0.2, 0.25) is 15.9 Å². The molecule has 1 amide bonds. The number of nitrogens with two attached hydrogens (primary N) is 1. The van der Waals surface area contributed by atoms with Crippen molar-refractivity contribution in [3.05, 3.63) is 42.1 Å². The number of hydrogen-bond donors (Lipinski definition) is 2. The minimum Gasteiger partial charge on any atom is -0.479 e. The molecular formula is C20H23FN6O4S. The van der Waals surface area contributed by atoms with E-state index in [0.717, 1.165) is 0 Å². The zero-order valence-corrected chi connectivity index (χ0v) is 18.6. The zero-order valence-electron chi connectivity index (χ0n) is 17.7. The van der Waals surface area contributed by atoms with Crippen LogP contribution in [0.15, 0.2) is 30.7 Å². The molecule has 4 rings (SSSR count). The average molecular weight is 463 g/mol. The Morgan fingerprint density at radius 2 is 2.03 bits per heavy atom. The number of aromatic nitrogens is 3. The smallest absolute Gasteiger partial charge is 0.252 e. The molecule has 0 spiro atoms. The van der Waals surface area contributed by atoms with Crippen LogP contribution in [0.25, 0.3) is 16.6 Å². The van der Waals surface area contributed by atoms with E-state index in [9.17, 15) is 17.6 Å². The second-order valence-corrected chi connectivity index (χ2v) is 9.86. The van der Waals surface area contributed by atoms with E-state index in [0.29, 0.717) is 28.9 Å². The van der Waals surface area contributed by atoms with Gasteiger partial charge in [-0.1, -0.05) is 6.92 Å². The first-order chi connectivity index (χ1) is 15.1. The number of hydrogen-bond acceptors (Lipinski definition) is 7. The first-order valence-corrected chi connectivity index (χ1v) is 11.7. The largest absolute Gasteiger partial charge is 0.479 e. The van der Waals surface area contributed by atoms with Crippen LogP contribution in [-0.2, 0) is 10.0 Å². The number of rotatable bonds is 6. The number of pyridine rings is 1. The third kappa shape index (κ3) is 3.98. The summed E-state index contributed by atoms with van der Waals surface area (Å²) < 4.78 is 45.9. The van der Waals surface area contributed by atoms with Crippen molar-refractivity contribution >= 4 is 27.1 Å². The van der Waals surface area contributed by atoms with Crippen molar-refractivity contribution in [1.29, 1.82) is 0 Å². The lowest BCUT2D eigenvalue weighted by molar-refractivity contribution is 0.100. The molecule has 3 aromatic heterocycles. The van der Waals surface area contributed by atoms with Crippen LogP contribution in [0, 0.1) is 11.7 Å². The highest BCUT2D eigenvalue weighted by Crippen LogP contribution is 2.32. The van der Waals surface area contributed by atoms with Gasteiger partial charge in [-0.25, -0.2) is 22.3 Å². The number of amides is 1. The molecule has 0 unspecified atom stereocenters. The van der Waals surface area contributed by atoms with E-state index < -0.39 is 21.7 Å². The van der Waals surface area contributed by atoms with Crippen LogP contribution in [0.4, 0.5) is 10.1 Å². The van der Waals surface area contributed by atoms with Crippen molar-refractivity contribution in [2.24, 2.45) is 11.7 Å². The number of sulfonamides is 1. The Balaban J connectivity index is 1.76. The number of carbonyl (C=O) groups excluding carboxylic acids is 1. The molecule has 0 bridgehead atoms. The highest BCUT2D eigenvalue weighted by atomic mass is 32.2. The molecule has 0 aromatic carbocycles. The highest BCUT2D eigenvalue weighted by Gasteiger charge is 2.35. The van der Waals surface area contributed by atoms with Gasteiger partial charge in [0.15, 0.2) is 5.82 Å². The van der Waals surface area contributed by atoms with Crippen LogP contribution in [0.3, 0.4) is 0 Å². The number of nitrogens with one attached hydrogen (secondary N) is 1. The average Bonchev–Trinajstić information content (AvgIpc) is 3.32. The van der Waals surface area contributed by atoms with Crippen LogP contribution in [0.1, 0.15) is 17.3 Å². The summed E-state index contributed by atoms with van der Waals surface area (Å²) in [6, 6.07) is 2.79. The van der Waals surface area contributed by atoms with E-state index in [2.05, 4.69) is 15.4 Å². The van der Waals surface area contributed by atoms with E-state index in [-0.39, 0.29) is 29.9 Å². The van der Waals surface area contributed by atoms with E-state index in [4.69, 9.17) is 10.5 Å². The molecular weight excluding hydrogens is 439 g/mol. The van der Waals surface area contributed by atoms with Gasteiger partial charge in [0.05, 0.1) is 36.3 Å². The fourth-order valence-electron chi connectivity index (χ4n) is 3.85. The van der Waals surface area contributed by atoms with Crippen molar-refractivity contribution in [3.8, 4) is 17.0 Å². The summed E-state index contributed by atoms with van der Waals surface area (Å²) in [7, 11) is -2.01. The van der Waals surface area contributed by atoms with Crippen molar-refractivity contribution in [2.45, 2.75) is 13.0 Å². The Morgan fingerprint density at radius 1 is 1.28 bits per heavy atom. The van der Waals surface area contributed by atoms with E-state index in [1.54, 1.807) is 16.8 Å². The SMILES string of the molecule is COc1ncc(-c2cc3c(N[C@@H]4CN(S(C)(=O)=O)C[C@H]4C)c(C(N)=O)cnn3c2)cc1F. The van der Waals surface area contributed by atoms with Gasteiger partial charge in [0.25, 0.3) is 5.91 Å². The van der Waals surface area contributed by atoms with Gasteiger partial charge in [0, 0.05) is 42.7 Å². The minimum absolute atomic E-state index is 0.00650. The molecule has 0 radical (unpaired) electrons. The molecule has 170 valence electrons. The first-order valence-electron chi connectivity index (χ1n) is 9.81. The number of anilines is 1. The van der Waals surface area contributed by atoms with Crippen molar-refractivity contribution in [1.82, 2.24) is 18.9 Å². The maximum atomic E-state index is 14.2. The van der Waals surface area contributed by atoms with Crippen molar-refractivity contribution in [2.75, 3.05) is 31.8 Å². The zero-order chi connectivity index (χ0) is 23.2. The van der Waals surface area contributed by atoms with Gasteiger partial charge < -0.3 is 15.8 Å². The fraction of sp³-hybridized carbons (Fsp3) is 0.350. The number of methoxy groups -OCH3 is 1. The normalized spacial score (nSPS) is 19.4. The number of nitrogens with zero attached hydrogens (tertiary/aromatic N) is 4. The molecule has 1 aliphatic rings. The lowest BCUT2D eigenvalue weighted by atomic mass is 10.1. The molecule has 32 heavy (non-hydrogen) atoms. The topological polar surface area (TPSA) is 132 Å². The summed E-state index contributed by atoms with van der Waals surface area (Å²) in [5.41, 5.74) is 7.84. The van der Waals surface area contributed by atoms with Gasteiger partial charge in [0.1, 0.15) is 0 Å². The van der Waals surface area contributed by atoms with Crippen molar-refractivity contribution < 1.29 is 22.3 Å². The molecule has 12 heteroatoms. The summed E-state index contributed by atoms with van der Waals surface area (Å²) >= 11 is 0. The second kappa shape index (κ2) is 8.02. The molecule has 3 N–H and O–H groups in total. The number of carbonyl (C=O) groups is 1. The third-order valence-electron chi connectivity index (χ3n) is 5.61. The number of fused-ring (bicyclic) bond motifs is 1. The Kier molecular flexibility index (Phi) is 5.51. The monoisotopic (exact) mass is 462 g/mol. The van der Waals surface area contributed by atoms with Crippen LogP contribution in [0.5, 0.6) is 5.88 Å². The predicted molar refractivity (Wildman–Crippen MR) is 116 cm³/mol. The molecule has 1 fully saturated rings. The maximum Gasteiger partial charge on any atom is 0.252 e. The molecule has 3 aromatic rings. The second-order valence-electron chi connectivity index (χ2n) is 7.88. The van der Waals surface area contributed by atoms with E-state index in [1.165, 1.54) is 36.1 Å². The van der Waals surface area contributed by atoms with Crippen LogP contribution in [-0.4, -0.2) is 65.7 Å². The summed E-state index contributed by atoms with van der Waals surface area (Å²) in [5.74, 6) is -1.40. The number of halogens is 1. The lowest BCUT2D eigenvalue weighted by Crippen LogP contribution is -2.32. The summed E-state index contributed by atoms with van der Waals surface area (Å²) in [6.07, 6.45) is 5.67. The maximum absolute atomic E-state index is 14.2. The van der Waals surface area contributed by atoms with Gasteiger partial charge in [-0.3, -0.25) is 4.79 Å². The third-order valence-corrected chi connectivity index (χ3v) is 6.85. The van der Waals surface area contributed by atoms with E-state index >= 15 is 0 Å². The quantitative estimate of drug-likeness (QED) is 0.565. The number of ether oxygens (including phenoxy) is 1. The molecule has 1 aliphatic heterocycles. The minimum atomic E-state index is -3.34.